The fourth-order valence-corrected chi connectivity index (χ4v) is 3.36. The Balaban J connectivity index is 1.68. The molecule has 0 spiro atoms. The summed E-state index contributed by atoms with van der Waals surface area (Å²) in [6, 6.07) is 17.2. The summed E-state index contributed by atoms with van der Waals surface area (Å²) in [6.07, 6.45) is 1.60. The van der Waals surface area contributed by atoms with Crippen molar-refractivity contribution in [1.82, 2.24) is 20.2 Å². The number of benzene rings is 2. The van der Waals surface area contributed by atoms with E-state index in [4.69, 9.17) is 4.42 Å². The second-order valence-corrected chi connectivity index (χ2v) is 6.96. The molecule has 0 saturated heterocycles. The number of fused-ring (bicyclic) bond motifs is 1. The van der Waals surface area contributed by atoms with Crippen LogP contribution in [0, 0.1) is 20.2 Å². The van der Waals surface area contributed by atoms with Crippen LogP contribution in [0.2, 0.25) is 0 Å². The second kappa shape index (κ2) is 7.89. The molecule has 0 fully saturated rings. The van der Waals surface area contributed by atoms with Crippen molar-refractivity contribution < 1.29 is 14.3 Å². The van der Waals surface area contributed by atoms with E-state index in [0.717, 1.165) is 0 Å². The highest BCUT2D eigenvalue weighted by atomic mass is 16.6. The SMILES string of the molecule is O=[N+]([O-])c1cccc(-c2nnc(-c3cc4cccnc4nc3-c3cccc([N+](=O)[O-])c3)o2)c1. The monoisotopic (exact) mass is 440 g/mol. The first-order chi connectivity index (χ1) is 16.0. The molecule has 0 radical (unpaired) electrons. The Morgan fingerprint density at radius 2 is 1.42 bits per heavy atom. The molecule has 11 heteroatoms. The van der Waals surface area contributed by atoms with Crippen molar-refractivity contribution in [3.8, 4) is 34.2 Å². The van der Waals surface area contributed by atoms with Gasteiger partial charge in [0, 0.05) is 47.0 Å². The maximum absolute atomic E-state index is 11.3. The van der Waals surface area contributed by atoms with Gasteiger partial charge >= 0.3 is 0 Å². The van der Waals surface area contributed by atoms with Gasteiger partial charge in [-0.15, -0.1) is 10.2 Å². The molecular weight excluding hydrogens is 428 g/mol. The van der Waals surface area contributed by atoms with Gasteiger partial charge in [0.1, 0.15) is 0 Å². The molecule has 0 saturated carbocycles. The average Bonchev–Trinajstić information content (AvgIpc) is 3.33. The standard InChI is InChI=1S/C22H12N6O5/c29-27(30)16-7-1-4-13(10-16)19-18(12-14-6-3-9-23-20(14)24-19)22-26-25-21(33-22)15-5-2-8-17(11-15)28(31)32/h1-12H. The summed E-state index contributed by atoms with van der Waals surface area (Å²) in [5.41, 5.74) is 1.92. The summed E-state index contributed by atoms with van der Waals surface area (Å²) in [5.74, 6) is 0.196. The zero-order chi connectivity index (χ0) is 22.9. The molecule has 160 valence electrons. The summed E-state index contributed by atoms with van der Waals surface area (Å²) in [4.78, 5) is 30.2. The van der Waals surface area contributed by atoms with Gasteiger partial charge in [0.2, 0.25) is 11.8 Å². The van der Waals surface area contributed by atoms with Gasteiger partial charge in [-0.1, -0.05) is 18.2 Å². The van der Waals surface area contributed by atoms with Crippen molar-refractivity contribution in [2.24, 2.45) is 0 Å². The molecule has 0 bridgehead atoms. The molecule has 33 heavy (non-hydrogen) atoms. The van der Waals surface area contributed by atoms with Crippen LogP contribution >= 0.6 is 0 Å². The van der Waals surface area contributed by atoms with Gasteiger partial charge in [0.15, 0.2) is 5.65 Å². The van der Waals surface area contributed by atoms with Crippen LogP contribution in [-0.4, -0.2) is 30.0 Å². The number of aromatic nitrogens is 4. The fourth-order valence-electron chi connectivity index (χ4n) is 3.36. The zero-order valence-corrected chi connectivity index (χ0v) is 16.7. The Morgan fingerprint density at radius 3 is 2.15 bits per heavy atom. The molecular formula is C22H12N6O5. The molecule has 0 amide bonds. The van der Waals surface area contributed by atoms with Gasteiger partial charge in [-0.3, -0.25) is 20.2 Å². The number of nitro benzene ring substituents is 2. The number of pyridine rings is 2. The summed E-state index contributed by atoms with van der Waals surface area (Å²) in [5, 5.41) is 31.2. The third kappa shape index (κ3) is 3.74. The Labute approximate surface area is 184 Å². The van der Waals surface area contributed by atoms with E-state index in [1.54, 1.807) is 36.5 Å². The maximum atomic E-state index is 11.3. The Bertz CT molecular complexity index is 1550. The van der Waals surface area contributed by atoms with Crippen LogP contribution in [0.4, 0.5) is 11.4 Å². The fraction of sp³-hybridized carbons (Fsp3) is 0. The quantitative estimate of drug-likeness (QED) is 0.276. The van der Waals surface area contributed by atoms with Crippen LogP contribution in [0.15, 0.2) is 77.3 Å². The normalized spacial score (nSPS) is 10.9. The van der Waals surface area contributed by atoms with Crippen molar-refractivity contribution in [1.29, 1.82) is 0 Å². The lowest BCUT2D eigenvalue weighted by atomic mass is 10.0. The molecule has 3 aromatic heterocycles. The number of hydrogen-bond acceptors (Lipinski definition) is 9. The topological polar surface area (TPSA) is 151 Å². The van der Waals surface area contributed by atoms with E-state index in [1.165, 1.54) is 30.3 Å². The number of hydrogen-bond donors (Lipinski definition) is 0. The lowest BCUT2D eigenvalue weighted by Gasteiger charge is -2.08. The first-order valence-corrected chi connectivity index (χ1v) is 9.59. The molecule has 0 atom stereocenters. The van der Waals surface area contributed by atoms with E-state index in [1.807, 2.05) is 6.07 Å². The highest BCUT2D eigenvalue weighted by molar-refractivity contribution is 5.88. The molecule has 5 aromatic rings. The molecule has 0 aliphatic rings. The van der Waals surface area contributed by atoms with Crippen LogP contribution in [0.1, 0.15) is 0 Å². The van der Waals surface area contributed by atoms with E-state index in [0.29, 0.717) is 33.4 Å². The molecule has 0 unspecified atom stereocenters. The number of nitro groups is 2. The highest BCUT2D eigenvalue weighted by Crippen LogP contribution is 2.35. The van der Waals surface area contributed by atoms with E-state index in [-0.39, 0.29) is 23.2 Å². The summed E-state index contributed by atoms with van der Waals surface area (Å²) in [6.45, 7) is 0. The van der Waals surface area contributed by atoms with E-state index in [2.05, 4.69) is 20.2 Å². The minimum Gasteiger partial charge on any atom is -0.416 e. The molecule has 0 N–H and O–H groups in total. The Hall–Kier alpha value is -5.06. The van der Waals surface area contributed by atoms with Crippen molar-refractivity contribution in [3.05, 3.63) is 93.2 Å². The first kappa shape index (κ1) is 19.9. The van der Waals surface area contributed by atoms with Crippen molar-refractivity contribution in [3.63, 3.8) is 0 Å². The maximum Gasteiger partial charge on any atom is 0.270 e. The molecule has 5 rings (SSSR count). The zero-order valence-electron chi connectivity index (χ0n) is 16.7. The summed E-state index contributed by atoms with van der Waals surface area (Å²) < 4.78 is 5.84. The minimum absolute atomic E-state index is 0.0879. The van der Waals surface area contributed by atoms with Crippen molar-refractivity contribution >= 4 is 22.4 Å². The third-order valence-corrected chi connectivity index (χ3v) is 4.88. The van der Waals surface area contributed by atoms with Gasteiger partial charge in [0.05, 0.1) is 21.1 Å². The van der Waals surface area contributed by atoms with Crippen molar-refractivity contribution in [2.45, 2.75) is 0 Å². The van der Waals surface area contributed by atoms with E-state index >= 15 is 0 Å². The largest absolute Gasteiger partial charge is 0.416 e. The van der Waals surface area contributed by atoms with Gasteiger partial charge in [-0.05, 0) is 24.3 Å². The minimum atomic E-state index is -0.512. The second-order valence-electron chi connectivity index (χ2n) is 6.96. The van der Waals surface area contributed by atoms with Crippen LogP contribution in [0.25, 0.3) is 45.2 Å². The molecule has 2 aromatic carbocycles. The van der Waals surface area contributed by atoms with Crippen LogP contribution in [0.5, 0.6) is 0 Å². The van der Waals surface area contributed by atoms with E-state index < -0.39 is 9.85 Å². The predicted molar refractivity (Wildman–Crippen MR) is 117 cm³/mol. The lowest BCUT2D eigenvalue weighted by molar-refractivity contribution is -0.385. The highest BCUT2D eigenvalue weighted by Gasteiger charge is 2.20. The Kier molecular flexibility index (Phi) is 4.75. The number of nitrogens with zero attached hydrogens (tertiary/aromatic N) is 6. The number of non-ortho nitro benzene ring substituents is 2. The van der Waals surface area contributed by atoms with Crippen LogP contribution in [-0.2, 0) is 0 Å². The van der Waals surface area contributed by atoms with Gasteiger partial charge in [-0.25, -0.2) is 9.97 Å². The Morgan fingerprint density at radius 1 is 0.758 bits per heavy atom. The smallest absolute Gasteiger partial charge is 0.270 e. The van der Waals surface area contributed by atoms with Gasteiger partial charge < -0.3 is 4.42 Å². The number of rotatable bonds is 5. The summed E-state index contributed by atoms with van der Waals surface area (Å²) >= 11 is 0. The van der Waals surface area contributed by atoms with Gasteiger partial charge in [0.25, 0.3) is 11.4 Å². The first-order valence-electron chi connectivity index (χ1n) is 9.59. The van der Waals surface area contributed by atoms with Crippen LogP contribution < -0.4 is 0 Å². The molecule has 11 nitrogen and oxygen atoms in total. The average molecular weight is 440 g/mol. The predicted octanol–water partition coefficient (Wildman–Crippen LogP) is 4.83. The molecule has 0 aliphatic heterocycles. The van der Waals surface area contributed by atoms with Crippen molar-refractivity contribution in [2.75, 3.05) is 0 Å². The van der Waals surface area contributed by atoms with E-state index in [9.17, 15) is 20.2 Å². The lowest BCUT2D eigenvalue weighted by Crippen LogP contribution is -1.94. The third-order valence-electron chi connectivity index (χ3n) is 4.88. The van der Waals surface area contributed by atoms with Crippen LogP contribution in [0.3, 0.4) is 0 Å². The molecule has 3 heterocycles. The molecule has 0 aliphatic carbocycles. The van der Waals surface area contributed by atoms with Gasteiger partial charge in [-0.2, -0.15) is 0 Å². The summed E-state index contributed by atoms with van der Waals surface area (Å²) in [7, 11) is 0.